The second-order valence-corrected chi connectivity index (χ2v) is 6.28. The summed E-state index contributed by atoms with van der Waals surface area (Å²) < 4.78 is 13.0. The van der Waals surface area contributed by atoms with Crippen LogP contribution in [-0.4, -0.2) is 54.7 Å². The highest BCUT2D eigenvalue weighted by Crippen LogP contribution is 2.10. The van der Waals surface area contributed by atoms with Crippen LogP contribution in [0, 0.1) is 5.82 Å². The molecule has 0 aliphatic carbocycles. The van der Waals surface area contributed by atoms with E-state index in [1.54, 1.807) is 19.1 Å². The zero-order valence-corrected chi connectivity index (χ0v) is 13.7. The number of nitrogens with one attached hydrogen (secondary N) is 2. The van der Waals surface area contributed by atoms with Crippen LogP contribution in [0.1, 0.15) is 20.3 Å². The van der Waals surface area contributed by atoms with Gasteiger partial charge in [0.05, 0.1) is 5.60 Å². The van der Waals surface area contributed by atoms with Gasteiger partial charge in [0, 0.05) is 31.2 Å². The number of likely N-dealkylation sites (N-methyl/N-ethyl adjacent to an activating group) is 1. The van der Waals surface area contributed by atoms with Crippen molar-refractivity contribution in [3.8, 4) is 0 Å². The summed E-state index contributed by atoms with van der Waals surface area (Å²) in [5.74, 6) is -0.582. The summed E-state index contributed by atoms with van der Waals surface area (Å²) in [5.41, 5.74) is -0.423. The van der Waals surface area contributed by atoms with Crippen molar-refractivity contribution < 1.29 is 14.3 Å². The van der Waals surface area contributed by atoms with Crippen LogP contribution in [0.2, 0.25) is 0 Å². The fourth-order valence-electron chi connectivity index (χ4n) is 2.26. The first-order chi connectivity index (χ1) is 10.2. The predicted octanol–water partition coefficient (Wildman–Crippen LogP) is 1.44. The number of rotatable bonds is 8. The van der Waals surface area contributed by atoms with Crippen molar-refractivity contribution >= 4 is 11.6 Å². The van der Waals surface area contributed by atoms with E-state index in [4.69, 9.17) is 0 Å². The van der Waals surface area contributed by atoms with Crippen LogP contribution in [0.15, 0.2) is 24.3 Å². The van der Waals surface area contributed by atoms with Gasteiger partial charge >= 0.3 is 0 Å². The summed E-state index contributed by atoms with van der Waals surface area (Å²) in [7, 11) is 3.79. The van der Waals surface area contributed by atoms with Crippen molar-refractivity contribution in [2.75, 3.05) is 32.5 Å². The molecule has 5 nitrogen and oxygen atoms in total. The van der Waals surface area contributed by atoms with Crippen molar-refractivity contribution in [3.63, 3.8) is 0 Å². The summed E-state index contributed by atoms with van der Waals surface area (Å²) in [6, 6.07) is 5.69. The first-order valence-electron chi connectivity index (χ1n) is 7.34. The first kappa shape index (κ1) is 18.5. The van der Waals surface area contributed by atoms with E-state index < -0.39 is 5.60 Å². The second kappa shape index (κ2) is 8.22. The van der Waals surface area contributed by atoms with Gasteiger partial charge in [0.1, 0.15) is 5.82 Å². The fraction of sp³-hybridized carbons (Fsp3) is 0.562. The Hall–Kier alpha value is -1.50. The summed E-state index contributed by atoms with van der Waals surface area (Å²) in [6.45, 7) is 4.54. The molecule has 0 bridgehead atoms. The number of hydrogen-bond acceptors (Lipinski definition) is 4. The molecule has 3 N–H and O–H groups in total. The standard InChI is InChI=1S/C16H26FN3O2/c1-12(18-10-16(2,22)11-20(3)4)8-15(21)19-14-7-5-6-13(17)9-14/h5-7,9,12,18,22H,8,10-11H2,1-4H3,(H,19,21). The highest BCUT2D eigenvalue weighted by atomic mass is 19.1. The number of carbonyl (C=O) groups is 1. The molecule has 0 radical (unpaired) electrons. The topological polar surface area (TPSA) is 64.6 Å². The molecule has 2 unspecified atom stereocenters. The molecule has 0 fully saturated rings. The molecule has 124 valence electrons. The summed E-state index contributed by atoms with van der Waals surface area (Å²) in [6.07, 6.45) is 0.245. The average Bonchev–Trinajstić information content (AvgIpc) is 2.34. The number of amides is 1. The minimum atomic E-state index is -0.864. The molecule has 2 atom stereocenters. The van der Waals surface area contributed by atoms with Gasteiger partial charge in [-0.05, 0) is 46.1 Å². The Bertz CT molecular complexity index is 492. The van der Waals surface area contributed by atoms with Crippen molar-refractivity contribution in [1.82, 2.24) is 10.2 Å². The lowest BCUT2D eigenvalue weighted by atomic mass is 10.1. The van der Waals surface area contributed by atoms with Crippen molar-refractivity contribution in [1.29, 1.82) is 0 Å². The van der Waals surface area contributed by atoms with E-state index in [-0.39, 0.29) is 24.2 Å². The van der Waals surface area contributed by atoms with E-state index in [9.17, 15) is 14.3 Å². The van der Waals surface area contributed by atoms with Gasteiger partial charge in [-0.25, -0.2) is 4.39 Å². The molecule has 0 saturated carbocycles. The van der Waals surface area contributed by atoms with E-state index in [1.165, 1.54) is 12.1 Å². The van der Waals surface area contributed by atoms with Crippen molar-refractivity contribution in [2.45, 2.75) is 31.9 Å². The number of aliphatic hydroxyl groups is 1. The van der Waals surface area contributed by atoms with E-state index in [0.29, 0.717) is 18.8 Å². The Morgan fingerprint density at radius 2 is 2.14 bits per heavy atom. The molecular formula is C16H26FN3O2. The molecule has 0 spiro atoms. The van der Waals surface area contributed by atoms with Crippen molar-refractivity contribution in [3.05, 3.63) is 30.1 Å². The van der Waals surface area contributed by atoms with Gasteiger partial charge in [-0.1, -0.05) is 6.07 Å². The zero-order valence-electron chi connectivity index (χ0n) is 13.7. The normalized spacial score (nSPS) is 15.4. The maximum absolute atomic E-state index is 13.0. The van der Waals surface area contributed by atoms with Crippen LogP contribution < -0.4 is 10.6 Å². The molecule has 0 heterocycles. The third-order valence-corrected chi connectivity index (χ3v) is 3.09. The van der Waals surface area contributed by atoms with Gasteiger partial charge < -0.3 is 20.6 Å². The molecule has 22 heavy (non-hydrogen) atoms. The van der Waals surface area contributed by atoms with E-state index >= 15 is 0 Å². The highest BCUT2D eigenvalue weighted by Gasteiger charge is 2.22. The zero-order chi connectivity index (χ0) is 16.8. The predicted molar refractivity (Wildman–Crippen MR) is 86.3 cm³/mol. The number of halogens is 1. The second-order valence-electron chi connectivity index (χ2n) is 6.28. The number of anilines is 1. The quantitative estimate of drug-likeness (QED) is 0.680. The molecule has 1 rings (SSSR count). The van der Waals surface area contributed by atoms with E-state index in [2.05, 4.69) is 10.6 Å². The van der Waals surface area contributed by atoms with E-state index in [1.807, 2.05) is 25.9 Å². The Kier molecular flexibility index (Phi) is 6.93. The molecule has 0 aliphatic heterocycles. The SMILES string of the molecule is CC(CC(=O)Nc1cccc(F)c1)NCC(C)(O)CN(C)C. The fourth-order valence-corrected chi connectivity index (χ4v) is 2.26. The molecule has 1 aromatic rings. The number of hydrogen-bond donors (Lipinski definition) is 3. The number of nitrogens with zero attached hydrogens (tertiary/aromatic N) is 1. The molecule has 0 saturated heterocycles. The summed E-state index contributed by atoms with van der Waals surface area (Å²) >= 11 is 0. The molecule has 0 aliphatic rings. The maximum atomic E-state index is 13.0. The third kappa shape index (κ3) is 7.49. The van der Waals surface area contributed by atoms with Crippen LogP contribution in [0.25, 0.3) is 0 Å². The van der Waals surface area contributed by atoms with Crippen LogP contribution in [0.3, 0.4) is 0 Å². The first-order valence-corrected chi connectivity index (χ1v) is 7.34. The Labute approximate surface area is 131 Å². The summed E-state index contributed by atoms with van der Waals surface area (Å²) in [5, 5.41) is 16.0. The lowest BCUT2D eigenvalue weighted by Crippen LogP contribution is -2.48. The van der Waals surface area contributed by atoms with Crippen molar-refractivity contribution in [2.24, 2.45) is 0 Å². The van der Waals surface area contributed by atoms with Crippen LogP contribution >= 0.6 is 0 Å². The van der Waals surface area contributed by atoms with Gasteiger partial charge in [0.25, 0.3) is 0 Å². The molecule has 1 aromatic carbocycles. The maximum Gasteiger partial charge on any atom is 0.225 e. The Morgan fingerprint density at radius 3 is 2.73 bits per heavy atom. The van der Waals surface area contributed by atoms with Crippen LogP contribution in [0.5, 0.6) is 0 Å². The Balaban J connectivity index is 2.38. The highest BCUT2D eigenvalue weighted by molar-refractivity contribution is 5.91. The average molecular weight is 311 g/mol. The van der Waals surface area contributed by atoms with E-state index in [0.717, 1.165) is 0 Å². The molecule has 1 amide bonds. The van der Waals surface area contributed by atoms with Crippen LogP contribution in [-0.2, 0) is 4.79 Å². The number of carbonyl (C=O) groups excluding carboxylic acids is 1. The lowest BCUT2D eigenvalue weighted by molar-refractivity contribution is -0.116. The van der Waals surface area contributed by atoms with Crippen LogP contribution in [0.4, 0.5) is 10.1 Å². The smallest absolute Gasteiger partial charge is 0.225 e. The minimum absolute atomic E-state index is 0.0952. The Morgan fingerprint density at radius 1 is 1.45 bits per heavy atom. The molecular weight excluding hydrogens is 285 g/mol. The van der Waals surface area contributed by atoms with Gasteiger partial charge in [-0.15, -0.1) is 0 Å². The third-order valence-electron chi connectivity index (χ3n) is 3.09. The van der Waals surface area contributed by atoms with Gasteiger partial charge in [0.15, 0.2) is 0 Å². The molecule has 6 heteroatoms. The largest absolute Gasteiger partial charge is 0.388 e. The minimum Gasteiger partial charge on any atom is -0.388 e. The lowest BCUT2D eigenvalue weighted by Gasteiger charge is -2.28. The summed E-state index contributed by atoms with van der Waals surface area (Å²) in [4.78, 5) is 13.8. The van der Waals surface area contributed by atoms with Gasteiger partial charge in [-0.3, -0.25) is 4.79 Å². The van der Waals surface area contributed by atoms with Gasteiger partial charge in [0.2, 0.25) is 5.91 Å². The van der Waals surface area contributed by atoms with Gasteiger partial charge in [-0.2, -0.15) is 0 Å². The monoisotopic (exact) mass is 311 g/mol. The number of benzene rings is 1. The molecule has 0 aromatic heterocycles.